The van der Waals surface area contributed by atoms with Crippen molar-refractivity contribution in [2.75, 3.05) is 39.9 Å². The molecule has 2 aliphatic rings. The van der Waals surface area contributed by atoms with Crippen LogP contribution in [0.25, 0.3) is 0 Å². The molecule has 0 spiro atoms. The van der Waals surface area contributed by atoms with E-state index < -0.39 is 10.0 Å². The number of carbonyl (C=O) groups is 1. The number of fused-ring (bicyclic) bond motifs is 2. The van der Waals surface area contributed by atoms with Gasteiger partial charge in [-0.15, -0.1) is 0 Å². The fourth-order valence-electron chi connectivity index (χ4n) is 3.13. The van der Waals surface area contributed by atoms with Crippen molar-refractivity contribution in [3.8, 4) is 0 Å². The number of methoxy groups -OCH3 is 1. The van der Waals surface area contributed by atoms with Crippen molar-refractivity contribution < 1.29 is 22.7 Å². The number of hydrogen-bond acceptors (Lipinski definition) is 5. The Morgan fingerprint density at radius 2 is 1.75 bits per heavy atom. The Morgan fingerprint density at radius 1 is 1.17 bits per heavy atom. The summed E-state index contributed by atoms with van der Waals surface area (Å²) in [7, 11) is -2.06. The zero-order valence-electron chi connectivity index (χ0n) is 13.8. The molecule has 0 unspecified atom stereocenters. The smallest absolute Gasteiger partial charge is 0.248 e. The fraction of sp³-hybridized carbons (Fsp3) is 0.562. The van der Waals surface area contributed by atoms with E-state index in [0.717, 1.165) is 5.56 Å². The first-order chi connectivity index (χ1) is 11.4. The van der Waals surface area contributed by atoms with Crippen LogP contribution in [0.5, 0.6) is 0 Å². The van der Waals surface area contributed by atoms with Gasteiger partial charge in [0.1, 0.15) is 6.61 Å². The standard InChI is InChI=1S/C16H22N2O5S/c1-12-3-5-15(6-4-12)24(20,21)18-9-13-7-17(16(19)11-22-2)8-14(10-18)23-13/h3-6,13-14H,7-11H2,1-2H3/t13-,14+. The molecular weight excluding hydrogens is 332 g/mol. The summed E-state index contributed by atoms with van der Waals surface area (Å²) in [6.45, 7) is 3.23. The third-order valence-electron chi connectivity index (χ3n) is 4.33. The summed E-state index contributed by atoms with van der Waals surface area (Å²) in [5.41, 5.74) is 1.01. The summed E-state index contributed by atoms with van der Waals surface area (Å²) in [6.07, 6.45) is -0.614. The van der Waals surface area contributed by atoms with Gasteiger partial charge in [0.05, 0.1) is 17.1 Å². The van der Waals surface area contributed by atoms with Gasteiger partial charge in [-0.1, -0.05) is 17.7 Å². The number of carbonyl (C=O) groups excluding carboxylic acids is 1. The molecule has 0 radical (unpaired) electrons. The van der Waals surface area contributed by atoms with Gasteiger partial charge in [-0.05, 0) is 19.1 Å². The highest BCUT2D eigenvalue weighted by Crippen LogP contribution is 2.25. The van der Waals surface area contributed by atoms with E-state index in [9.17, 15) is 13.2 Å². The first-order valence-corrected chi connectivity index (χ1v) is 9.33. The lowest BCUT2D eigenvalue weighted by Gasteiger charge is -2.45. The van der Waals surface area contributed by atoms with Crippen molar-refractivity contribution in [3.63, 3.8) is 0 Å². The first kappa shape index (κ1) is 17.3. The Labute approximate surface area is 142 Å². The third kappa shape index (κ3) is 3.46. The molecule has 0 N–H and O–H groups in total. The molecule has 1 amide bonds. The number of morpholine rings is 2. The molecule has 2 fully saturated rings. The average molecular weight is 354 g/mol. The summed E-state index contributed by atoms with van der Waals surface area (Å²) in [5.74, 6) is -0.0920. The maximum Gasteiger partial charge on any atom is 0.248 e. The van der Waals surface area contributed by atoms with E-state index in [2.05, 4.69) is 0 Å². The lowest BCUT2D eigenvalue weighted by atomic mass is 10.1. The molecule has 2 saturated heterocycles. The fourth-order valence-corrected chi connectivity index (χ4v) is 4.63. The van der Waals surface area contributed by atoms with Crippen molar-refractivity contribution in [3.05, 3.63) is 29.8 Å². The highest BCUT2D eigenvalue weighted by atomic mass is 32.2. The average Bonchev–Trinajstić information content (AvgIpc) is 2.54. The van der Waals surface area contributed by atoms with Crippen LogP contribution in [0.4, 0.5) is 0 Å². The normalized spacial score (nSPS) is 24.8. The predicted molar refractivity (Wildman–Crippen MR) is 87.1 cm³/mol. The maximum absolute atomic E-state index is 12.8. The zero-order valence-corrected chi connectivity index (χ0v) is 14.7. The summed E-state index contributed by atoms with van der Waals surface area (Å²) in [4.78, 5) is 14.0. The van der Waals surface area contributed by atoms with Gasteiger partial charge in [0.25, 0.3) is 0 Å². The van der Waals surface area contributed by atoms with E-state index in [0.29, 0.717) is 18.0 Å². The van der Waals surface area contributed by atoms with E-state index >= 15 is 0 Å². The number of benzene rings is 1. The molecule has 24 heavy (non-hydrogen) atoms. The Bertz CT molecular complexity index is 690. The summed E-state index contributed by atoms with van der Waals surface area (Å²) >= 11 is 0. The Hall–Kier alpha value is -1.48. The Morgan fingerprint density at radius 3 is 2.29 bits per heavy atom. The van der Waals surface area contributed by atoms with Crippen LogP contribution in [0.1, 0.15) is 5.56 Å². The molecule has 1 aromatic carbocycles. The lowest BCUT2D eigenvalue weighted by Crippen LogP contribution is -2.61. The quantitative estimate of drug-likeness (QED) is 0.774. The van der Waals surface area contributed by atoms with Gasteiger partial charge in [0.2, 0.25) is 15.9 Å². The topological polar surface area (TPSA) is 76.2 Å². The summed E-state index contributed by atoms with van der Waals surface area (Å²) in [6, 6.07) is 6.84. The van der Waals surface area contributed by atoms with E-state index in [1.807, 2.05) is 6.92 Å². The minimum Gasteiger partial charge on any atom is -0.375 e. The summed E-state index contributed by atoms with van der Waals surface area (Å²) in [5, 5.41) is 0. The highest BCUT2D eigenvalue weighted by molar-refractivity contribution is 7.89. The molecule has 2 aliphatic heterocycles. The van der Waals surface area contributed by atoms with E-state index in [-0.39, 0.29) is 37.8 Å². The number of rotatable bonds is 4. The molecule has 1 aromatic rings. The van der Waals surface area contributed by atoms with Gasteiger partial charge < -0.3 is 14.4 Å². The number of amides is 1. The van der Waals surface area contributed by atoms with Gasteiger partial charge in [-0.3, -0.25) is 4.79 Å². The van der Waals surface area contributed by atoms with Crippen molar-refractivity contribution >= 4 is 15.9 Å². The van der Waals surface area contributed by atoms with Gasteiger partial charge in [-0.2, -0.15) is 4.31 Å². The first-order valence-electron chi connectivity index (χ1n) is 7.89. The van der Waals surface area contributed by atoms with E-state index in [1.54, 1.807) is 29.2 Å². The molecule has 7 nitrogen and oxygen atoms in total. The Balaban J connectivity index is 1.73. The van der Waals surface area contributed by atoms with Crippen molar-refractivity contribution in [2.45, 2.75) is 24.0 Å². The number of sulfonamides is 1. The minimum atomic E-state index is -3.54. The molecule has 2 bridgehead atoms. The molecular formula is C16H22N2O5S. The lowest BCUT2D eigenvalue weighted by molar-refractivity contribution is -0.157. The number of hydrogen-bond donors (Lipinski definition) is 0. The second-order valence-electron chi connectivity index (χ2n) is 6.25. The van der Waals surface area contributed by atoms with Crippen LogP contribution in [0.15, 0.2) is 29.2 Å². The number of nitrogens with zero attached hydrogens (tertiary/aromatic N) is 2. The molecule has 8 heteroatoms. The van der Waals surface area contributed by atoms with Crippen LogP contribution >= 0.6 is 0 Å². The minimum absolute atomic E-state index is 0.0326. The van der Waals surface area contributed by atoms with Crippen LogP contribution in [0, 0.1) is 6.92 Å². The van der Waals surface area contributed by atoms with Gasteiger partial charge >= 0.3 is 0 Å². The molecule has 2 atom stereocenters. The third-order valence-corrected chi connectivity index (χ3v) is 6.17. The highest BCUT2D eigenvalue weighted by Gasteiger charge is 2.40. The molecule has 0 saturated carbocycles. The second-order valence-corrected chi connectivity index (χ2v) is 8.18. The second kappa shape index (κ2) is 6.79. The molecule has 132 valence electrons. The van der Waals surface area contributed by atoms with Crippen molar-refractivity contribution in [1.82, 2.24) is 9.21 Å². The summed E-state index contributed by atoms with van der Waals surface area (Å²) < 4.78 is 37.8. The maximum atomic E-state index is 12.8. The zero-order chi connectivity index (χ0) is 17.3. The monoisotopic (exact) mass is 354 g/mol. The van der Waals surface area contributed by atoms with Crippen LogP contribution in [0.2, 0.25) is 0 Å². The van der Waals surface area contributed by atoms with Crippen LogP contribution in [-0.4, -0.2) is 75.6 Å². The van der Waals surface area contributed by atoms with E-state index in [4.69, 9.17) is 9.47 Å². The molecule has 3 rings (SSSR count). The van der Waals surface area contributed by atoms with Gasteiger partial charge in [0.15, 0.2) is 0 Å². The van der Waals surface area contributed by atoms with Crippen LogP contribution in [0.3, 0.4) is 0 Å². The van der Waals surface area contributed by atoms with Crippen LogP contribution in [-0.2, 0) is 24.3 Å². The number of aryl methyl sites for hydroxylation is 1. The van der Waals surface area contributed by atoms with Crippen molar-refractivity contribution in [2.24, 2.45) is 0 Å². The van der Waals surface area contributed by atoms with Gasteiger partial charge in [0, 0.05) is 33.3 Å². The molecule has 0 aromatic heterocycles. The Kier molecular flexibility index (Phi) is 4.91. The SMILES string of the molecule is COCC(=O)N1C[C@@H]2CN(S(=O)(=O)c3ccc(C)cc3)C[C@H](C1)O2. The molecule has 0 aliphatic carbocycles. The molecule has 2 heterocycles. The van der Waals surface area contributed by atoms with Crippen molar-refractivity contribution in [1.29, 1.82) is 0 Å². The number of ether oxygens (including phenoxy) is 2. The van der Waals surface area contributed by atoms with E-state index in [1.165, 1.54) is 11.4 Å². The predicted octanol–water partition coefficient (Wildman–Crippen LogP) is 0.242. The largest absolute Gasteiger partial charge is 0.375 e. The van der Waals surface area contributed by atoms with Gasteiger partial charge in [-0.25, -0.2) is 8.42 Å². The van der Waals surface area contributed by atoms with Crippen LogP contribution < -0.4 is 0 Å².